The van der Waals surface area contributed by atoms with Crippen LogP contribution in [0.4, 0.5) is 11.4 Å². The zero-order valence-corrected chi connectivity index (χ0v) is 19.3. The molecule has 31 heavy (non-hydrogen) atoms. The number of anilines is 2. The number of carbonyl (C=O) groups excluding carboxylic acids is 2. The lowest BCUT2D eigenvalue weighted by atomic mass is 10.1. The SMILES string of the molecule is CCC(=O)Nc1ccc(C)c(NC(=O)/C=C/c2cc(Cl)c(OCC(C)C)c(OC)c2)c1. The molecule has 0 aliphatic heterocycles. The fraction of sp³-hybridized carbons (Fsp3) is 0.333. The molecular weight excluding hydrogens is 416 g/mol. The molecule has 0 saturated carbocycles. The maximum absolute atomic E-state index is 12.4. The standard InChI is InChI=1S/C24H29ClN2O4/c1-6-22(28)26-18-9-7-16(4)20(13-18)27-23(29)10-8-17-11-19(25)24(21(12-17)30-5)31-14-15(2)3/h7-13,15H,6,14H2,1-5H3,(H,26,28)(H,27,29)/b10-8+. The summed E-state index contributed by atoms with van der Waals surface area (Å²) in [5, 5.41) is 6.03. The van der Waals surface area contributed by atoms with Gasteiger partial charge in [-0.25, -0.2) is 0 Å². The summed E-state index contributed by atoms with van der Waals surface area (Å²) >= 11 is 6.36. The Kier molecular flexibility index (Phi) is 8.94. The van der Waals surface area contributed by atoms with Gasteiger partial charge in [0.2, 0.25) is 11.8 Å². The summed E-state index contributed by atoms with van der Waals surface area (Å²) in [6, 6.07) is 8.85. The molecule has 0 aliphatic carbocycles. The van der Waals surface area contributed by atoms with Gasteiger partial charge >= 0.3 is 0 Å². The second kappa shape index (κ2) is 11.4. The normalized spacial score (nSPS) is 10.9. The van der Waals surface area contributed by atoms with E-state index in [2.05, 4.69) is 10.6 Å². The van der Waals surface area contributed by atoms with Crippen molar-refractivity contribution in [2.75, 3.05) is 24.4 Å². The first-order valence-corrected chi connectivity index (χ1v) is 10.5. The Hall–Kier alpha value is -2.99. The third kappa shape index (κ3) is 7.33. The molecule has 0 aliphatic rings. The van der Waals surface area contributed by atoms with Crippen molar-refractivity contribution in [3.63, 3.8) is 0 Å². The Bertz CT molecular complexity index is 970. The molecule has 0 atom stereocenters. The number of ether oxygens (including phenoxy) is 2. The maximum atomic E-state index is 12.4. The zero-order chi connectivity index (χ0) is 23.0. The molecule has 2 N–H and O–H groups in total. The number of aryl methyl sites for hydroxylation is 1. The third-order valence-electron chi connectivity index (χ3n) is 4.34. The minimum atomic E-state index is -0.308. The minimum absolute atomic E-state index is 0.0901. The van der Waals surface area contributed by atoms with E-state index in [9.17, 15) is 9.59 Å². The molecule has 0 unspecified atom stereocenters. The van der Waals surface area contributed by atoms with Gasteiger partial charge in [-0.05, 0) is 54.3 Å². The zero-order valence-electron chi connectivity index (χ0n) is 18.5. The van der Waals surface area contributed by atoms with Crippen molar-refractivity contribution in [2.45, 2.75) is 34.1 Å². The summed E-state index contributed by atoms with van der Waals surface area (Å²) in [6.07, 6.45) is 3.44. The van der Waals surface area contributed by atoms with Crippen molar-refractivity contribution in [1.82, 2.24) is 0 Å². The molecule has 166 valence electrons. The number of hydrogen-bond donors (Lipinski definition) is 2. The van der Waals surface area contributed by atoms with E-state index in [-0.39, 0.29) is 11.8 Å². The van der Waals surface area contributed by atoms with Crippen molar-refractivity contribution >= 4 is 40.9 Å². The average Bonchev–Trinajstić information content (AvgIpc) is 2.73. The van der Waals surface area contributed by atoms with Crippen LogP contribution in [0.15, 0.2) is 36.4 Å². The molecule has 0 aromatic heterocycles. The van der Waals surface area contributed by atoms with Crippen LogP contribution < -0.4 is 20.1 Å². The van der Waals surface area contributed by atoms with Crippen molar-refractivity contribution in [1.29, 1.82) is 0 Å². The number of hydrogen-bond acceptors (Lipinski definition) is 4. The lowest BCUT2D eigenvalue weighted by Gasteiger charge is -2.14. The summed E-state index contributed by atoms with van der Waals surface area (Å²) in [6.45, 7) is 8.27. The Morgan fingerprint density at radius 3 is 2.55 bits per heavy atom. The highest BCUT2D eigenvalue weighted by atomic mass is 35.5. The first-order valence-electron chi connectivity index (χ1n) is 10.1. The second-order valence-electron chi connectivity index (χ2n) is 7.49. The number of carbonyl (C=O) groups is 2. The summed E-state index contributed by atoms with van der Waals surface area (Å²) in [7, 11) is 1.54. The summed E-state index contributed by atoms with van der Waals surface area (Å²) in [5.41, 5.74) is 2.84. The van der Waals surface area contributed by atoms with E-state index in [4.69, 9.17) is 21.1 Å². The molecule has 6 nitrogen and oxygen atoms in total. The Morgan fingerprint density at radius 1 is 1.16 bits per heavy atom. The van der Waals surface area contributed by atoms with Gasteiger partial charge in [-0.3, -0.25) is 9.59 Å². The van der Waals surface area contributed by atoms with E-state index >= 15 is 0 Å². The van der Waals surface area contributed by atoms with Crippen molar-refractivity contribution in [2.24, 2.45) is 5.92 Å². The minimum Gasteiger partial charge on any atom is -0.493 e. The van der Waals surface area contributed by atoms with Gasteiger partial charge in [-0.1, -0.05) is 38.4 Å². The molecule has 0 fully saturated rings. The molecule has 0 heterocycles. The largest absolute Gasteiger partial charge is 0.493 e. The van der Waals surface area contributed by atoms with Crippen LogP contribution in [0.2, 0.25) is 5.02 Å². The average molecular weight is 445 g/mol. The van der Waals surface area contributed by atoms with Crippen LogP contribution in [0, 0.1) is 12.8 Å². The predicted octanol–water partition coefficient (Wildman–Crippen LogP) is 5.69. The fourth-order valence-corrected chi connectivity index (χ4v) is 2.93. The third-order valence-corrected chi connectivity index (χ3v) is 4.62. The van der Waals surface area contributed by atoms with Gasteiger partial charge in [0, 0.05) is 23.9 Å². The molecule has 0 saturated heterocycles. The number of rotatable bonds is 9. The van der Waals surface area contributed by atoms with Gasteiger partial charge < -0.3 is 20.1 Å². The smallest absolute Gasteiger partial charge is 0.248 e. The molecule has 2 rings (SSSR count). The van der Waals surface area contributed by atoms with Crippen LogP contribution in [0.25, 0.3) is 6.08 Å². The van der Waals surface area contributed by atoms with E-state index in [1.54, 1.807) is 44.4 Å². The van der Waals surface area contributed by atoms with Crippen LogP contribution in [-0.4, -0.2) is 25.5 Å². The van der Waals surface area contributed by atoms with Crippen molar-refractivity contribution < 1.29 is 19.1 Å². The van der Waals surface area contributed by atoms with E-state index in [0.29, 0.717) is 52.4 Å². The quantitative estimate of drug-likeness (QED) is 0.487. The Labute approximate surface area is 188 Å². The van der Waals surface area contributed by atoms with E-state index in [1.807, 2.05) is 26.8 Å². The summed E-state index contributed by atoms with van der Waals surface area (Å²) < 4.78 is 11.1. The molecule has 2 aromatic rings. The predicted molar refractivity (Wildman–Crippen MR) is 126 cm³/mol. The highest BCUT2D eigenvalue weighted by molar-refractivity contribution is 6.32. The highest BCUT2D eigenvalue weighted by Gasteiger charge is 2.12. The number of methoxy groups -OCH3 is 1. The Balaban J connectivity index is 2.13. The first-order chi connectivity index (χ1) is 14.7. The van der Waals surface area contributed by atoms with E-state index in [1.165, 1.54) is 6.08 Å². The molecule has 0 radical (unpaired) electrons. The van der Waals surface area contributed by atoms with Crippen LogP contribution in [0.1, 0.15) is 38.3 Å². The summed E-state index contributed by atoms with van der Waals surface area (Å²) in [4.78, 5) is 24.0. The van der Waals surface area contributed by atoms with Crippen LogP contribution in [-0.2, 0) is 9.59 Å². The summed E-state index contributed by atoms with van der Waals surface area (Å²) in [5.74, 6) is 0.940. The van der Waals surface area contributed by atoms with Crippen LogP contribution in [0.3, 0.4) is 0 Å². The van der Waals surface area contributed by atoms with Gasteiger partial charge in [0.15, 0.2) is 11.5 Å². The topological polar surface area (TPSA) is 76.7 Å². The molecule has 7 heteroatoms. The maximum Gasteiger partial charge on any atom is 0.248 e. The highest BCUT2D eigenvalue weighted by Crippen LogP contribution is 2.37. The van der Waals surface area contributed by atoms with Crippen molar-refractivity contribution in [3.05, 3.63) is 52.6 Å². The monoisotopic (exact) mass is 444 g/mol. The van der Waals surface area contributed by atoms with Crippen LogP contribution >= 0.6 is 11.6 Å². The van der Waals surface area contributed by atoms with E-state index in [0.717, 1.165) is 5.56 Å². The van der Waals surface area contributed by atoms with Gasteiger partial charge in [-0.2, -0.15) is 0 Å². The van der Waals surface area contributed by atoms with Crippen molar-refractivity contribution in [3.8, 4) is 11.5 Å². The molecule has 0 spiro atoms. The molecule has 0 bridgehead atoms. The first kappa shape index (κ1) is 24.3. The number of amides is 2. The van der Waals surface area contributed by atoms with Gasteiger partial charge in [0.25, 0.3) is 0 Å². The number of halogens is 1. The molecular formula is C24H29ClN2O4. The Morgan fingerprint density at radius 2 is 1.90 bits per heavy atom. The lowest BCUT2D eigenvalue weighted by Crippen LogP contribution is -2.12. The van der Waals surface area contributed by atoms with Gasteiger partial charge in [-0.15, -0.1) is 0 Å². The van der Waals surface area contributed by atoms with Gasteiger partial charge in [0.05, 0.1) is 18.7 Å². The number of nitrogens with one attached hydrogen (secondary N) is 2. The van der Waals surface area contributed by atoms with E-state index < -0.39 is 0 Å². The second-order valence-corrected chi connectivity index (χ2v) is 7.90. The molecule has 2 amide bonds. The van der Waals surface area contributed by atoms with Gasteiger partial charge in [0.1, 0.15) is 0 Å². The molecule has 2 aromatic carbocycles. The number of benzene rings is 2. The lowest BCUT2D eigenvalue weighted by molar-refractivity contribution is -0.116. The fourth-order valence-electron chi connectivity index (χ4n) is 2.66. The van der Waals surface area contributed by atoms with Crippen LogP contribution in [0.5, 0.6) is 11.5 Å².